The van der Waals surface area contributed by atoms with Gasteiger partial charge in [0.2, 0.25) is 0 Å². The minimum absolute atomic E-state index is 0.167. The Labute approximate surface area is 185 Å². The molecular formula is C20H20F3N3O5S. The minimum Gasteiger partial charge on any atom is -0.496 e. The second-order valence-corrected chi connectivity index (χ2v) is 7.13. The van der Waals surface area contributed by atoms with E-state index in [1.807, 2.05) is 29.6 Å². The molecule has 3 aromatic rings. The van der Waals surface area contributed by atoms with E-state index >= 15 is 0 Å². The first kappa shape index (κ1) is 24.9. The number of rotatable bonds is 7. The van der Waals surface area contributed by atoms with Gasteiger partial charge in [-0.25, -0.2) is 4.79 Å². The zero-order chi connectivity index (χ0) is 23.7. The van der Waals surface area contributed by atoms with E-state index in [0.717, 1.165) is 16.0 Å². The lowest BCUT2D eigenvalue weighted by Gasteiger charge is -2.16. The van der Waals surface area contributed by atoms with Crippen LogP contribution in [0.3, 0.4) is 0 Å². The third kappa shape index (κ3) is 6.82. The van der Waals surface area contributed by atoms with Crippen molar-refractivity contribution in [3.05, 3.63) is 58.5 Å². The minimum atomic E-state index is -5.08. The topological polar surface area (TPSA) is 114 Å². The molecule has 0 aliphatic carbocycles. The zero-order valence-electron chi connectivity index (χ0n) is 17.0. The molecule has 172 valence electrons. The number of thiophene rings is 1. The number of hydrogen-bond donors (Lipinski definition) is 3. The molecule has 0 aliphatic rings. The second-order valence-electron chi connectivity index (χ2n) is 6.15. The van der Waals surface area contributed by atoms with Crippen molar-refractivity contribution in [3.63, 3.8) is 0 Å². The van der Waals surface area contributed by atoms with Gasteiger partial charge < -0.3 is 19.9 Å². The van der Waals surface area contributed by atoms with Gasteiger partial charge in [-0.3, -0.25) is 9.89 Å². The summed E-state index contributed by atoms with van der Waals surface area (Å²) in [4.78, 5) is 22.5. The Morgan fingerprint density at radius 3 is 2.47 bits per heavy atom. The SMILES string of the molecule is COc1cc(-c2cn[nH]c2)ccc1C(=O)NCC(OC)c1cccs1.O=C(O)C(F)(F)F. The van der Waals surface area contributed by atoms with E-state index in [-0.39, 0.29) is 12.0 Å². The molecule has 1 atom stereocenters. The highest BCUT2D eigenvalue weighted by atomic mass is 32.1. The predicted molar refractivity (Wildman–Crippen MR) is 111 cm³/mol. The van der Waals surface area contributed by atoms with Crippen LogP contribution < -0.4 is 10.1 Å². The molecule has 2 heterocycles. The third-order valence-corrected chi connectivity index (χ3v) is 5.08. The number of nitrogens with zero attached hydrogens (tertiary/aromatic N) is 1. The van der Waals surface area contributed by atoms with Crippen molar-refractivity contribution in [1.29, 1.82) is 0 Å². The molecule has 0 saturated carbocycles. The van der Waals surface area contributed by atoms with Crippen molar-refractivity contribution in [2.24, 2.45) is 0 Å². The first-order chi connectivity index (χ1) is 15.2. The number of benzene rings is 1. The van der Waals surface area contributed by atoms with Gasteiger partial charge in [0.15, 0.2) is 0 Å². The van der Waals surface area contributed by atoms with Gasteiger partial charge in [-0.2, -0.15) is 18.3 Å². The zero-order valence-corrected chi connectivity index (χ0v) is 17.8. The van der Waals surface area contributed by atoms with E-state index in [1.54, 1.807) is 44.0 Å². The summed E-state index contributed by atoms with van der Waals surface area (Å²) in [6, 6.07) is 9.41. The van der Waals surface area contributed by atoms with Gasteiger partial charge in [0.05, 0.1) is 18.9 Å². The number of carbonyl (C=O) groups excluding carboxylic acids is 1. The molecule has 1 aromatic carbocycles. The molecular weight excluding hydrogens is 451 g/mol. The predicted octanol–water partition coefficient (Wildman–Crippen LogP) is 3.90. The summed E-state index contributed by atoms with van der Waals surface area (Å²) >= 11 is 1.60. The fraction of sp³-hybridized carbons (Fsp3) is 0.250. The van der Waals surface area contributed by atoms with Crippen molar-refractivity contribution in [2.45, 2.75) is 12.3 Å². The number of carboxylic acids is 1. The third-order valence-electron chi connectivity index (χ3n) is 4.11. The number of hydrogen-bond acceptors (Lipinski definition) is 6. The molecule has 3 rings (SSSR count). The quantitative estimate of drug-likeness (QED) is 0.482. The average Bonchev–Trinajstić information content (AvgIpc) is 3.48. The Morgan fingerprint density at radius 2 is 1.97 bits per heavy atom. The summed E-state index contributed by atoms with van der Waals surface area (Å²) in [5.41, 5.74) is 2.34. The molecule has 12 heteroatoms. The highest BCUT2D eigenvalue weighted by Gasteiger charge is 2.38. The van der Waals surface area contributed by atoms with E-state index < -0.39 is 12.1 Å². The number of carboxylic acid groups (broad SMARTS) is 1. The Bertz CT molecular complexity index is 1010. The lowest BCUT2D eigenvalue weighted by Crippen LogP contribution is -2.29. The van der Waals surface area contributed by atoms with Crippen LogP contribution in [0.15, 0.2) is 48.1 Å². The average molecular weight is 471 g/mol. The summed E-state index contributed by atoms with van der Waals surface area (Å²) in [5, 5.41) is 18.7. The molecule has 0 spiro atoms. The number of amides is 1. The highest BCUT2D eigenvalue weighted by molar-refractivity contribution is 7.10. The molecule has 0 bridgehead atoms. The van der Waals surface area contributed by atoms with Crippen LogP contribution in [0.1, 0.15) is 21.3 Å². The first-order valence-corrected chi connectivity index (χ1v) is 9.87. The number of ether oxygens (including phenoxy) is 2. The van der Waals surface area contributed by atoms with Crippen LogP contribution in [-0.2, 0) is 9.53 Å². The Kier molecular flexibility index (Phi) is 8.79. The fourth-order valence-corrected chi connectivity index (χ4v) is 3.33. The molecule has 0 radical (unpaired) electrons. The van der Waals surface area contributed by atoms with Crippen molar-refractivity contribution in [3.8, 4) is 16.9 Å². The molecule has 0 aliphatic heterocycles. The van der Waals surface area contributed by atoms with Gasteiger partial charge in [-0.15, -0.1) is 11.3 Å². The fourth-order valence-electron chi connectivity index (χ4n) is 2.52. The van der Waals surface area contributed by atoms with Crippen LogP contribution >= 0.6 is 11.3 Å². The Hall–Kier alpha value is -3.38. The van der Waals surface area contributed by atoms with Crippen LogP contribution in [0.25, 0.3) is 11.1 Å². The van der Waals surface area contributed by atoms with Gasteiger partial charge in [0, 0.05) is 30.3 Å². The van der Waals surface area contributed by atoms with Crippen molar-refractivity contribution in [1.82, 2.24) is 15.5 Å². The standard InChI is InChI=1S/C18H19N3O3S.C2HF3O2/c1-23-15-8-12(13-9-20-21-10-13)5-6-14(15)18(22)19-11-16(24-2)17-4-3-7-25-17;3-2(4,5)1(6)7/h3-10,16H,11H2,1-2H3,(H,19,22)(H,20,21);(H,6,7). The Balaban J connectivity index is 0.000000451. The van der Waals surface area contributed by atoms with Gasteiger partial charge in [0.25, 0.3) is 5.91 Å². The first-order valence-electron chi connectivity index (χ1n) is 8.99. The second kappa shape index (κ2) is 11.3. The monoisotopic (exact) mass is 471 g/mol. The maximum atomic E-state index is 12.6. The smallest absolute Gasteiger partial charge is 0.490 e. The largest absolute Gasteiger partial charge is 0.496 e. The number of nitrogens with one attached hydrogen (secondary N) is 2. The van der Waals surface area contributed by atoms with Crippen LogP contribution in [-0.4, -0.2) is 54.1 Å². The molecule has 0 fully saturated rings. The highest BCUT2D eigenvalue weighted by Crippen LogP contribution is 2.27. The molecule has 32 heavy (non-hydrogen) atoms. The summed E-state index contributed by atoms with van der Waals surface area (Å²) in [7, 11) is 3.19. The summed E-state index contributed by atoms with van der Waals surface area (Å²) in [6.45, 7) is 0.391. The molecule has 1 amide bonds. The van der Waals surface area contributed by atoms with E-state index in [1.165, 1.54) is 0 Å². The van der Waals surface area contributed by atoms with E-state index in [2.05, 4.69) is 15.5 Å². The van der Waals surface area contributed by atoms with Crippen LogP contribution in [0.4, 0.5) is 13.2 Å². The van der Waals surface area contributed by atoms with Gasteiger partial charge in [0.1, 0.15) is 11.9 Å². The van der Waals surface area contributed by atoms with Gasteiger partial charge in [-0.1, -0.05) is 12.1 Å². The molecule has 2 aromatic heterocycles. The van der Waals surface area contributed by atoms with E-state index in [4.69, 9.17) is 19.4 Å². The number of aromatic amines is 1. The molecule has 3 N–H and O–H groups in total. The van der Waals surface area contributed by atoms with E-state index in [0.29, 0.717) is 17.9 Å². The molecule has 1 unspecified atom stereocenters. The summed E-state index contributed by atoms with van der Waals surface area (Å²) in [5.74, 6) is -2.44. The Morgan fingerprint density at radius 1 is 1.25 bits per heavy atom. The lowest BCUT2D eigenvalue weighted by molar-refractivity contribution is -0.192. The van der Waals surface area contributed by atoms with Crippen molar-refractivity contribution in [2.75, 3.05) is 20.8 Å². The normalized spacial score (nSPS) is 11.8. The van der Waals surface area contributed by atoms with Gasteiger partial charge >= 0.3 is 12.1 Å². The van der Waals surface area contributed by atoms with Crippen molar-refractivity contribution < 1.29 is 37.3 Å². The number of aromatic nitrogens is 2. The maximum absolute atomic E-state index is 12.6. The number of alkyl halides is 3. The number of halogens is 3. The van der Waals surface area contributed by atoms with Crippen LogP contribution in [0, 0.1) is 0 Å². The van der Waals surface area contributed by atoms with E-state index in [9.17, 15) is 18.0 Å². The number of methoxy groups -OCH3 is 2. The number of aliphatic carboxylic acids is 1. The van der Waals surface area contributed by atoms with Gasteiger partial charge in [-0.05, 0) is 29.1 Å². The van der Waals surface area contributed by atoms with Crippen LogP contribution in [0.2, 0.25) is 0 Å². The lowest BCUT2D eigenvalue weighted by atomic mass is 10.1. The summed E-state index contributed by atoms with van der Waals surface area (Å²) in [6.07, 6.45) is -1.74. The molecule has 8 nitrogen and oxygen atoms in total. The van der Waals surface area contributed by atoms with Crippen molar-refractivity contribution >= 4 is 23.2 Å². The molecule has 0 saturated heterocycles. The summed E-state index contributed by atoms with van der Waals surface area (Å²) < 4.78 is 42.6. The number of carbonyl (C=O) groups is 2. The number of H-pyrrole nitrogens is 1. The van der Waals surface area contributed by atoms with Crippen LogP contribution in [0.5, 0.6) is 5.75 Å². The maximum Gasteiger partial charge on any atom is 0.490 e.